The number of aromatic nitrogens is 2. The standard InChI is InChI=1S/C26H29ClN4O3S/c1-16(2)14-22(24(33)30-23(32)17-10-12-28-13-11-17)35-26-29-21-9-4-3-8-20(21)25(34)31(26)19-7-5-6-18(27)15-19/h3-9,15-17,22,28H,10-14H2,1-2H3,(H,30,32,33). The Kier molecular flexibility index (Phi) is 8.26. The molecule has 0 aliphatic carbocycles. The number of para-hydroxylation sites is 1. The second-order valence-corrected chi connectivity index (χ2v) is 10.8. The van der Waals surface area contributed by atoms with Gasteiger partial charge in [0.15, 0.2) is 5.16 Å². The van der Waals surface area contributed by atoms with Crippen molar-refractivity contribution in [3.8, 4) is 5.69 Å². The maximum absolute atomic E-state index is 13.5. The van der Waals surface area contributed by atoms with Gasteiger partial charge in [0.1, 0.15) is 0 Å². The fourth-order valence-electron chi connectivity index (χ4n) is 4.19. The monoisotopic (exact) mass is 512 g/mol. The van der Waals surface area contributed by atoms with Crippen molar-refractivity contribution < 1.29 is 9.59 Å². The molecule has 1 saturated heterocycles. The van der Waals surface area contributed by atoms with Crippen molar-refractivity contribution >= 4 is 46.1 Å². The van der Waals surface area contributed by atoms with Gasteiger partial charge in [-0.2, -0.15) is 0 Å². The fourth-order valence-corrected chi connectivity index (χ4v) is 5.72. The minimum absolute atomic E-state index is 0.173. The molecule has 0 radical (unpaired) electrons. The van der Waals surface area contributed by atoms with Crippen LogP contribution in [0.1, 0.15) is 33.1 Å². The largest absolute Gasteiger partial charge is 0.317 e. The molecule has 2 N–H and O–H groups in total. The number of thioether (sulfide) groups is 1. The van der Waals surface area contributed by atoms with Crippen LogP contribution >= 0.6 is 23.4 Å². The summed E-state index contributed by atoms with van der Waals surface area (Å²) >= 11 is 7.43. The van der Waals surface area contributed by atoms with Gasteiger partial charge in [-0.1, -0.05) is 55.4 Å². The number of nitrogens with one attached hydrogen (secondary N) is 2. The SMILES string of the molecule is CC(C)CC(Sc1nc2ccccc2c(=O)n1-c1cccc(Cl)c1)C(=O)NC(=O)C1CCNCC1. The zero-order chi connectivity index (χ0) is 24.9. The molecule has 1 aromatic heterocycles. The lowest BCUT2D eigenvalue weighted by Crippen LogP contribution is -2.44. The lowest BCUT2D eigenvalue weighted by molar-refractivity contribution is -0.133. The highest BCUT2D eigenvalue weighted by atomic mass is 35.5. The van der Waals surface area contributed by atoms with Crippen LogP contribution in [0.4, 0.5) is 0 Å². The molecule has 1 atom stereocenters. The molecule has 9 heteroatoms. The number of nitrogens with zero attached hydrogens (tertiary/aromatic N) is 2. The van der Waals surface area contributed by atoms with Gasteiger partial charge in [-0.3, -0.25) is 24.3 Å². The predicted octanol–water partition coefficient (Wildman–Crippen LogP) is 4.19. The summed E-state index contributed by atoms with van der Waals surface area (Å²) in [6.07, 6.45) is 1.94. The number of rotatable bonds is 7. The summed E-state index contributed by atoms with van der Waals surface area (Å²) in [5.74, 6) is -0.566. The summed E-state index contributed by atoms with van der Waals surface area (Å²) in [6, 6.07) is 14.1. The Labute approximate surface area is 213 Å². The number of benzene rings is 2. The molecule has 1 unspecified atom stereocenters. The third kappa shape index (κ3) is 6.12. The van der Waals surface area contributed by atoms with Crippen molar-refractivity contribution in [1.29, 1.82) is 0 Å². The number of hydrogen-bond donors (Lipinski definition) is 2. The quantitative estimate of drug-likeness (QED) is 0.364. The first-order chi connectivity index (χ1) is 16.8. The Balaban J connectivity index is 1.71. The molecular formula is C26H29ClN4O3S. The average Bonchev–Trinajstić information content (AvgIpc) is 2.84. The van der Waals surface area contributed by atoms with E-state index in [-0.39, 0.29) is 29.2 Å². The van der Waals surface area contributed by atoms with Gasteiger partial charge < -0.3 is 5.32 Å². The van der Waals surface area contributed by atoms with Gasteiger partial charge in [0.05, 0.1) is 21.8 Å². The highest BCUT2D eigenvalue weighted by Gasteiger charge is 2.29. The molecule has 0 bridgehead atoms. The number of amides is 2. The van der Waals surface area contributed by atoms with E-state index in [1.165, 1.54) is 16.3 Å². The van der Waals surface area contributed by atoms with Crippen molar-refractivity contribution in [2.75, 3.05) is 13.1 Å². The summed E-state index contributed by atoms with van der Waals surface area (Å²) in [4.78, 5) is 44.3. The molecule has 1 fully saturated rings. The van der Waals surface area contributed by atoms with Gasteiger partial charge in [-0.25, -0.2) is 4.98 Å². The third-order valence-electron chi connectivity index (χ3n) is 5.99. The summed E-state index contributed by atoms with van der Waals surface area (Å²) < 4.78 is 1.49. The maximum Gasteiger partial charge on any atom is 0.266 e. The van der Waals surface area contributed by atoms with Gasteiger partial charge in [0, 0.05) is 10.9 Å². The molecule has 1 aliphatic heterocycles. The van der Waals surface area contributed by atoms with Crippen molar-refractivity contribution in [3.63, 3.8) is 0 Å². The van der Waals surface area contributed by atoms with Crippen LogP contribution in [0.15, 0.2) is 58.5 Å². The smallest absolute Gasteiger partial charge is 0.266 e. The van der Waals surface area contributed by atoms with E-state index < -0.39 is 5.25 Å². The molecule has 2 heterocycles. The highest BCUT2D eigenvalue weighted by Crippen LogP contribution is 2.29. The number of piperidine rings is 1. The van der Waals surface area contributed by atoms with Crippen LogP contribution in [0.2, 0.25) is 5.02 Å². The molecule has 7 nitrogen and oxygen atoms in total. The van der Waals surface area contributed by atoms with Crippen molar-refractivity contribution in [3.05, 3.63) is 63.9 Å². The number of imide groups is 1. The first-order valence-corrected chi connectivity index (χ1v) is 13.1. The Hall–Kier alpha value is -2.68. The van der Waals surface area contributed by atoms with Gasteiger partial charge in [-0.05, 0) is 68.6 Å². The molecule has 35 heavy (non-hydrogen) atoms. The van der Waals surface area contributed by atoms with E-state index >= 15 is 0 Å². The van der Waals surface area contributed by atoms with Gasteiger partial charge in [0.25, 0.3) is 5.56 Å². The number of halogens is 1. The zero-order valence-electron chi connectivity index (χ0n) is 19.8. The third-order valence-corrected chi connectivity index (χ3v) is 7.40. The highest BCUT2D eigenvalue weighted by molar-refractivity contribution is 8.00. The molecule has 2 aromatic carbocycles. The average molecular weight is 513 g/mol. The van der Waals surface area contributed by atoms with Gasteiger partial charge in [0.2, 0.25) is 11.8 Å². The van der Waals surface area contributed by atoms with Crippen molar-refractivity contribution in [2.24, 2.45) is 11.8 Å². The number of carbonyl (C=O) groups excluding carboxylic acids is 2. The van der Waals surface area contributed by atoms with E-state index in [0.717, 1.165) is 13.1 Å². The van der Waals surface area contributed by atoms with Crippen LogP contribution in [0.3, 0.4) is 0 Å². The van der Waals surface area contributed by atoms with Crippen LogP contribution in [0, 0.1) is 11.8 Å². The summed E-state index contributed by atoms with van der Waals surface area (Å²) in [5.41, 5.74) is 0.875. The van der Waals surface area contributed by atoms with Crippen LogP contribution in [0.25, 0.3) is 16.6 Å². The molecule has 1 aliphatic rings. The molecule has 184 valence electrons. The summed E-state index contributed by atoms with van der Waals surface area (Å²) in [7, 11) is 0. The van der Waals surface area contributed by atoms with Crippen molar-refractivity contribution in [1.82, 2.24) is 20.2 Å². The molecular weight excluding hydrogens is 484 g/mol. The first kappa shape index (κ1) is 25.4. The van der Waals surface area contributed by atoms with E-state index in [1.807, 2.05) is 19.9 Å². The van der Waals surface area contributed by atoms with E-state index in [2.05, 4.69) is 10.6 Å². The van der Waals surface area contributed by atoms with Crippen LogP contribution in [-0.2, 0) is 9.59 Å². The Morgan fingerprint density at radius 1 is 1.17 bits per heavy atom. The number of carbonyl (C=O) groups is 2. The first-order valence-electron chi connectivity index (χ1n) is 11.8. The summed E-state index contributed by atoms with van der Waals surface area (Å²) in [5, 5.41) is 6.61. The van der Waals surface area contributed by atoms with Crippen molar-refractivity contribution in [2.45, 2.75) is 43.5 Å². The predicted molar refractivity (Wildman–Crippen MR) is 140 cm³/mol. The van der Waals surface area contributed by atoms with Crippen LogP contribution in [-0.4, -0.2) is 39.7 Å². The van der Waals surface area contributed by atoms with Crippen LogP contribution in [0.5, 0.6) is 0 Å². The van der Waals surface area contributed by atoms with E-state index in [4.69, 9.17) is 16.6 Å². The molecule has 4 rings (SSSR count). The number of fused-ring (bicyclic) bond motifs is 1. The molecule has 0 saturated carbocycles. The van der Waals surface area contributed by atoms with Crippen LogP contribution < -0.4 is 16.2 Å². The van der Waals surface area contributed by atoms with E-state index in [9.17, 15) is 14.4 Å². The molecule has 2 amide bonds. The second kappa shape index (κ2) is 11.4. The Morgan fingerprint density at radius 3 is 2.63 bits per heavy atom. The molecule has 0 spiro atoms. The fraction of sp³-hybridized carbons (Fsp3) is 0.385. The topological polar surface area (TPSA) is 93.1 Å². The minimum Gasteiger partial charge on any atom is -0.317 e. The van der Waals surface area contributed by atoms with E-state index in [1.54, 1.807) is 42.5 Å². The van der Waals surface area contributed by atoms with Gasteiger partial charge in [-0.15, -0.1) is 0 Å². The lowest BCUT2D eigenvalue weighted by Gasteiger charge is -2.24. The zero-order valence-corrected chi connectivity index (χ0v) is 21.4. The molecule has 3 aromatic rings. The Morgan fingerprint density at radius 2 is 1.91 bits per heavy atom. The Bertz CT molecular complexity index is 1290. The van der Waals surface area contributed by atoms with Gasteiger partial charge >= 0.3 is 0 Å². The minimum atomic E-state index is -0.598. The maximum atomic E-state index is 13.5. The lowest BCUT2D eigenvalue weighted by atomic mass is 9.97. The number of hydrogen-bond acceptors (Lipinski definition) is 6. The normalized spacial score (nSPS) is 15.3. The summed E-state index contributed by atoms with van der Waals surface area (Å²) in [6.45, 7) is 5.58. The van der Waals surface area contributed by atoms with E-state index in [0.29, 0.717) is 46.0 Å². The second-order valence-electron chi connectivity index (χ2n) is 9.15.